The molecule has 0 aromatic carbocycles. The predicted molar refractivity (Wildman–Crippen MR) is 37.7 cm³/mol. The molecule has 1 rings (SSSR count). The molecule has 0 aromatic rings. The van der Waals surface area contributed by atoms with Gasteiger partial charge in [0.1, 0.15) is 0 Å². The van der Waals surface area contributed by atoms with E-state index < -0.39 is 18.8 Å². The number of nitrogens with one attached hydrogen (secondary N) is 1. The Labute approximate surface area is 68.8 Å². The first-order chi connectivity index (χ1) is 5.33. The molecule has 0 amide bonds. The van der Waals surface area contributed by atoms with Crippen molar-refractivity contribution in [3.8, 4) is 0 Å². The van der Waals surface area contributed by atoms with Crippen LogP contribution in [0.2, 0.25) is 0 Å². The maximum atomic E-state index is 11.8. The van der Waals surface area contributed by atoms with Crippen LogP contribution in [-0.4, -0.2) is 29.5 Å². The fourth-order valence-electron chi connectivity index (χ4n) is 0.823. The molecule has 0 aromatic heterocycles. The third-order valence-electron chi connectivity index (χ3n) is 2.10. The number of rotatable bonds is 3. The first-order valence-corrected chi connectivity index (χ1v) is 3.83. The molecular weight excluding hydrogens is 171 g/mol. The number of aliphatic hydroxyl groups is 1. The number of β-amino-alcohol motifs (C(OH)–C–C–N with tert-alkyl or cyclic N) is 1. The Kier molecular flexibility index (Phi) is 2.35. The van der Waals surface area contributed by atoms with Crippen molar-refractivity contribution < 1.29 is 18.3 Å². The van der Waals surface area contributed by atoms with Gasteiger partial charge in [0.15, 0.2) is 6.10 Å². The topological polar surface area (TPSA) is 32.3 Å². The molecule has 0 bridgehead atoms. The Morgan fingerprint density at radius 2 is 2.00 bits per heavy atom. The maximum Gasteiger partial charge on any atom is 0.415 e. The number of aliphatic hydroxyl groups excluding tert-OH is 1. The number of hydrogen-bond acceptors (Lipinski definition) is 2. The van der Waals surface area contributed by atoms with Crippen LogP contribution in [0.5, 0.6) is 0 Å². The van der Waals surface area contributed by atoms with Gasteiger partial charge in [0.2, 0.25) is 0 Å². The van der Waals surface area contributed by atoms with Crippen LogP contribution >= 0.6 is 0 Å². The van der Waals surface area contributed by atoms with Gasteiger partial charge in [-0.2, -0.15) is 13.2 Å². The fourth-order valence-corrected chi connectivity index (χ4v) is 0.823. The molecule has 0 aliphatic heterocycles. The molecule has 1 aliphatic rings. The van der Waals surface area contributed by atoms with E-state index in [0.717, 1.165) is 12.8 Å². The minimum atomic E-state index is -4.50. The van der Waals surface area contributed by atoms with Gasteiger partial charge in [-0.25, -0.2) is 0 Å². The Morgan fingerprint density at radius 1 is 1.50 bits per heavy atom. The van der Waals surface area contributed by atoms with E-state index in [1.165, 1.54) is 0 Å². The molecule has 1 saturated carbocycles. The molecule has 0 heterocycles. The van der Waals surface area contributed by atoms with E-state index in [1.807, 2.05) is 6.92 Å². The standard InChI is InChI=1S/C7H12F3NO/c1-6(2-3-6)11-4-5(12)7(8,9)10/h5,11-12H,2-4H2,1H3. The molecule has 0 spiro atoms. The van der Waals surface area contributed by atoms with Crippen LogP contribution < -0.4 is 5.32 Å². The van der Waals surface area contributed by atoms with Gasteiger partial charge in [-0.05, 0) is 19.8 Å². The van der Waals surface area contributed by atoms with Gasteiger partial charge in [0.05, 0.1) is 0 Å². The largest absolute Gasteiger partial charge is 0.415 e. The highest BCUT2D eigenvalue weighted by molar-refractivity contribution is 4.97. The van der Waals surface area contributed by atoms with Crippen molar-refractivity contribution >= 4 is 0 Å². The second kappa shape index (κ2) is 2.88. The lowest BCUT2D eigenvalue weighted by molar-refractivity contribution is -0.202. The van der Waals surface area contributed by atoms with Gasteiger partial charge in [-0.15, -0.1) is 0 Å². The van der Waals surface area contributed by atoms with Crippen molar-refractivity contribution in [2.45, 2.75) is 37.6 Å². The Morgan fingerprint density at radius 3 is 2.33 bits per heavy atom. The normalized spacial score (nSPS) is 23.8. The van der Waals surface area contributed by atoms with E-state index in [1.54, 1.807) is 0 Å². The molecule has 0 radical (unpaired) electrons. The van der Waals surface area contributed by atoms with Crippen molar-refractivity contribution in [2.75, 3.05) is 6.54 Å². The summed E-state index contributed by atoms with van der Waals surface area (Å²) in [4.78, 5) is 0. The zero-order valence-corrected chi connectivity index (χ0v) is 6.78. The van der Waals surface area contributed by atoms with E-state index >= 15 is 0 Å². The third-order valence-corrected chi connectivity index (χ3v) is 2.10. The van der Waals surface area contributed by atoms with Crippen LogP contribution in [0.1, 0.15) is 19.8 Å². The lowest BCUT2D eigenvalue weighted by Crippen LogP contribution is -2.42. The molecule has 1 aliphatic carbocycles. The van der Waals surface area contributed by atoms with Crippen LogP contribution in [0.4, 0.5) is 13.2 Å². The summed E-state index contributed by atoms with van der Waals surface area (Å²) in [7, 11) is 0. The maximum absolute atomic E-state index is 11.8. The molecule has 1 fully saturated rings. The van der Waals surface area contributed by atoms with Crippen LogP contribution in [0.15, 0.2) is 0 Å². The summed E-state index contributed by atoms with van der Waals surface area (Å²) in [5, 5.41) is 11.3. The number of alkyl halides is 3. The monoisotopic (exact) mass is 183 g/mol. The van der Waals surface area contributed by atoms with Crippen molar-refractivity contribution in [1.82, 2.24) is 5.32 Å². The average molecular weight is 183 g/mol. The van der Waals surface area contributed by atoms with E-state index in [-0.39, 0.29) is 5.54 Å². The third kappa shape index (κ3) is 2.64. The number of halogens is 3. The zero-order valence-electron chi connectivity index (χ0n) is 6.78. The summed E-state index contributed by atoms with van der Waals surface area (Å²) in [6.45, 7) is 1.44. The summed E-state index contributed by atoms with van der Waals surface area (Å²) in [5.41, 5.74) is -0.160. The lowest BCUT2D eigenvalue weighted by Gasteiger charge is -2.17. The predicted octanol–water partition coefficient (Wildman–Crippen LogP) is 1.05. The molecule has 2 nitrogen and oxygen atoms in total. The fraction of sp³-hybridized carbons (Fsp3) is 1.00. The average Bonchev–Trinajstić information content (AvgIpc) is 2.62. The van der Waals surface area contributed by atoms with Gasteiger partial charge in [0, 0.05) is 12.1 Å². The van der Waals surface area contributed by atoms with E-state index in [4.69, 9.17) is 5.11 Å². The second-order valence-electron chi connectivity index (χ2n) is 3.50. The van der Waals surface area contributed by atoms with E-state index in [0.29, 0.717) is 0 Å². The molecule has 12 heavy (non-hydrogen) atoms. The smallest absolute Gasteiger partial charge is 0.382 e. The Balaban J connectivity index is 2.23. The van der Waals surface area contributed by atoms with Crippen molar-refractivity contribution in [3.05, 3.63) is 0 Å². The highest BCUT2D eigenvalue weighted by Crippen LogP contribution is 2.34. The molecule has 2 N–H and O–H groups in total. The second-order valence-corrected chi connectivity index (χ2v) is 3.50. The quantitative estimate of drug-likeness (QED) is 0.685. The molecular formula is C7H12F3NO. The molecule has 1 unspecified atom stereocenters. The first-order valence-electron chi connectivity index (χ1n) is 3.83. The lowest BCUT2D eigenvalue weighted by atomic mass is 10.3. The summed E-state index contributed by atoms with van der Waals surface area (Å²) in [5.74, 6) is 0. The highest BCUT2D eigenvalue weighted by atomic mass is 19.4. The highest BCUT2D eigenvalue weighted by Gasteiger charge is 2.42. The van der Waals surface area contributed by atoms with Crippen LogP contribution in [-0.2, 0) is 0 Å². The number of hydrogen-bond donors (Lipinski definition) is 2. The SMILES string of the molecule is CC1(NCC(O)C(F)(F)F)CC1. The Bertz CT molecular complexity index is 165. The van der Waals surface area contributed by atoms with Crippen molar-refractivity contribution in [2.24, 2.45) is 0 Å². The van der Waals surface area contributed by atoms with Gasteiger partial charge < -0.3 is 10.4 Å². The van der Waals surface area contributed by atoms with Crippen molar-refractivity contribution in [1.29, 1.82) is 0 Å². The van der Waals surface area contributed by atoms with Crippen LogP contribution in [0.25, 0.3) is 0 Å². The van der Waals surface area contributed by atoms with Gasteiger partial charge in [0.25, 0.3) is 0 Å². The van der Waals surface area contributed by atoms with E-state index in [2.05, 4.69) is 5.32 Å². The molecule has 1 atom stereocenters. The molecule has 72 valence electrons. The van der Waals surface area contributed by atoms with Crippen molar-refractivity contribution in [3.63, 3.8) is 0 Å². The van der Waals surface area contributed by atoms with E-state index in [9.17, 15) is 13.2 Å². The molecule has 0 saturated heterocycles. The van der Waals surface area contributed by atoms with Gasteiger partial charge in [-0.3, -0.25) is 0 Å². The summed E-state index contributed by atoms with van der Waals surface area (Å²) in [6, 6.07) is 0. The minimum Gasteiger partial charge on any atom is -0.382 e. The first kappa shape index (κ1) is 9.80. The zero-order chi connectivity index (χ0) is 9.41. The van der Waals surface area contributed by atoms with Gasteiger partial charge in [-0.1, -0.05) is 0 Å². The Hall–Kier alpha value is -0.290. The molecule has 5 heteroatoms. The van der Waals surface area contributed by atoms with Gasteiger partial charge >= 0.3 is 6.18 Å². The minimum absolute atomic E-state index is 0.160. The summed E-state index contributed by atoms with van der Waals surface area (Å²) < 4.78 is 35.3. The summed E-state index contributed by atoms with van der Waals surface area (Å²) >= 11 is 0. The van der Waals surface area contributed by atoms with Crippen LogP contribution in [0.3, 0.4) is 0 Å². The summed E-state index contributed by atoms with van der Waals surface area (Å²) in [6.07, 6.45) is -4.97. The van der Waals surface area contributed by atoms with Crippen LogP contribution in [0, 0.1) is 0 Å².